The first-order valence-corrected chi connectivity index (χ1v) is 9.32. The number of amides is 1. The summed E-state index contributed by atoms with van der Waals surface area (Å²) in [4.78, 5) is 24.0. The monoisotopic (exact) mass is 348 g/mol. The molecular weight excluding hydrogens is 332 g/mol. The molecule has 0 atom stereocenters. The van der Waals surface area contributed by atoms with Crippen molar-refractivity contribution >= 4 is 32.2 Å². The number of rotatable bonds is 2. The minimum atomic E-state index is -3.02. The van der Waals surface area contributed by atoms with Crippen molar-refractivity contribution in [3.05, 3.63) is 40.3 Å². The number of nitrogens with one attached hydrogen (secondary N) is 2. The van der Waals surface area contributed by atoms with Gasteiger partial charge in [-0.05, 0) is 18.9 Å². The molecule has 2 N–H and O–H groups in total. The summed E-state index contributed by atoms with van der Waals surface area (Å²) in [6.07, 6.45) is 1.33. The number of benzene rings is 1. The van der Waals surface area contributed by atoms with Crippen LogP contribution >= 0.6 is 0 Å². The van der Waals surface area contributed by atoms with Gasteiger partial charge >= 0.3 is 0 Å². The SMILES string of the molecule is O=C(N/N=C1/CCCS(=O)(=O)CC1)c1n[nH]c(=O)c2ccccc12. The van der Waals surface area contributed by atoms with E-state index < -0.39 is 15.7 Å². The normalized spacial score (nSPS) is 19.1. The van der Waals surface area contributed by atoms with E-state index in [4.69, 9.17) is 0 Å². The number of nitrogens with zero attached hydrogens (tertiary/aromatic N) is 2. The number of fused-ring (bicyclic) bond motifs is 1. The Morgan fingerprint density at radius 2 is 1.92 bits per heavy atom. The zero-order valence-electron chi connectivity index (χ0n) is 12.8. The highest BCUT2D eigenvalue weighted by molar-refractivity contribution is 7.91. The second kappa shape index (κ2) is 6.52. The van der Waals surface area contributed by atoms with Gasteiger partial charge in [-0.3, -0.25) is 9.59 Å². The van der Waals surface area contributed by atoms with E-state index in [2.05, 4.69) is 20.7 Å². The number of aromatic nitrogens is 2. The molecule has 1 fully saturated rings. The molecule has 2 heterocycles. The van der Waals surface area contributed by atoms with E-state index in [1.807, 2.05) is 0 Å². The van der Waals surface area contributed by atoms with Gasteiger partial charge in [-0.25, -0.2) is 18.9 Å². The van der Waals surface area contributed by atoms with E-state index in [1.165, 1.54) is 0 Å². The summed E-state index contributed by atoms with van der Waals surface area (Å²) in [7, 11) is -3.02. The highest BCUT2D eigenvalue weighted by Crippen LogP contribution is 2.13. The van der Waals surface area contributed by atoms with Gasteiger partial charge in [0.1, 0.15) is 0 Å². The fraction of sp³-hybridized carbons (Fsp3) is 0.333. The highest BCUT2D eigenvalue weighted by atomic mass is 32.2. The predicted octanol–water partition coefficient (Wildman–Crippen LogP) is 0.608. The number of hydrazone groups is 1. The standard InChI is InChI=1S/C15H16N4O4S/c20-14-12-6-2-1-5-11(12)13(17-18-14)15(21)19-16-10-4-3-8-24(22,23)9-7-10/h1-2,5-6H,3-4,7-9H2,(H,18,20)(H,19,21)/b16-10-. The summed E-state index contributed by atoms with van der Waals surface area (Å²) in [6.45, 7) is 0. The maximum atomic E-state index is 12.3. The summed E-state index contributed by atoms with van der Waals surface area (Å²) in [5.41, 5.74) is 2.74. The number of sulfone groups is 1. The average molecular weight is 348 g/mol. The molecule has 1 amide bonds. The van der Waals surface area contributed by atoms with E-state index in [1.54, 1.807) is 24.3 Å². The molecule has 24 heavy (non-hydrogen) atoms. The topological polar surface area (TPSA) is 121 Å². The van der Waals surface area contributed by atoms with Crippen molar-refractivity contribution in [2.45, 2.75) is 19.3 Å². The lowest BCUT2D eigenvalue weighted by Gasteiger charge is -2.05. The lowest BCUT2D eigenvalue weighted by atomic mass is 10.1. The average Bonchev–Trinajstić information content (AvgIpc) is 2.74. The van der Waals surface area contributed by atoms with Crippen LogP contribution < -0.4 is 11.0 Å². The lowest BCUT2D eigenvalue weighted by Crippen LogP contribution is -2.24. The molecule has 0 bridgehead atoms. The summed E-state index contributed by atoms with van der Waals surface area (Å²) >= 11 is 0. The van der Waals surface area contributed by atoms with Crippen molar-refractivity contribution in [1.82, 2.24) is 15.6 Å². The Morgan fingerprint density at radius 1 is 1.17 bits per heavy atom. The second-order valence-electron chi connectivity index (χ2n) is 5.57. The van der Waals surface area contributed by atoms with Crippen LogP contribution in [0.15, 0.2) is 34.2 Å². The summed E-state index contributed by atoms with van der Waals surface area (Å²) in [5.74, 6) is -0.366. The molecule has 0 unspecified atom stereocenters. The van der Waals surface area contributed by atoms with E-state index in [0.29, 0.717) is 35.7 Å². The van der Waals surface area contributed by atoms with Crippen LogP contribution in [0.3, 0.4) is 0 Å². The molecule has 1 aliphatic rings. The van der Waals surface area contributed by atoms with Crippen molar-refractivity contribution < 1.29 is 13.2 Å². The third-order valence-electron chi connectivity index (χ3n) is 3.85. The largest absolute Gasteiger partial charge is 0.292 e. The molecule has 1 saturated heterocycles. The van der Waals surface area contributed by atoms with Gasteiger partial charge in [-0.1, -0.05) is 18.2 Å². The molecule has 1 aliphatic heterocycles. The van der Waals surface area contributed by atoms with Crippen LogP contribution in [0.25, 0.3) is 10.8 Å². The minimum absolute atomic E-state index is 0.0432. The van der Waals surface area contributed by atoms with Gasteiger partial charge < -0.3 is 0 Å². The van der Waals surface area contributed by atoms with E-state index in [0.717, 1.165) is 0 Å². The minimum Gasteiger partial charge on any atom is -0.267 e. The van der Waals surface area contributed by atoms with Crippen molar-refractivity contribution in [2.75, 3.05) is 11.5 Å². The number of aromatic amines is 1. The van der Waals surface area contributed by atoms with Crippen LogP contribution in [0.2, 0.25) is 0 Å². The first kappa shape index (κ1) is 16.3. The molecule has 126 valence electrons. The molecular formula is C15H16N4O4S. The van der Waals surface area contributed by atoms with Gasteiger partial charge in [-0.15, -0.1) is 0 Å². The van der Waals surface area contributed by atoms with Crippen LogP contribution in [0.4, 0.5) is 0 Å². The molecule has 2 aromatic rings. The van der Waals surface area contributed by atoms with Crippen LogP contribution in [0, 0.1) is 0 Å². The van der Waals surface area contributed by atoms with Crippen molar-refractivity contribution in [1.29, 1.82) is 0 Å². The highest BCUT2D eigenvalue weighted by Gasteiger charge is 2.18. The fourth-order valence-corrected chi connectivity index (χ4v) is 3.91. The molecule has 0 spiro atoms. The van der Waals surface area contributed by atoms with Crippen molar-refractivity contribution in [3.63, 3.8) is 0 Å². The van der Waals surface area contributed by atoms with Gasteiger partial charge in [-0.2, -0.15) is 10.2 Å². The maximum absolute atomic E-state index is 12.3. The molecule has 3 rings (SSSR count). The fourth-order valence-electron chi connectivity index (χ4n) is 2.58. The Bertz CT molecular complexity index is 978. The van der Waals surface area contributed by atoms with Crippen LogP contribution in [0.5, 0.6) is 0 Å². The first-order chi connectivity index (χ1) is 11.5. The third-order valence-corrected chi connectivity index (χ3v) is 5.59. The van der Waals surface area contributed by atoms with Gasteiger partial charge in [0.25, 0.3) is 11.5 Å². The Balaban J connectivity index is 1.82. The Morgan fingerprint density at radius 3 is 2.71 bits per heavy atom. The summed E-state index contributed by atoms with van der Waals surface area (Å²) in [6, 6.07) is 6.65. The van der Waals surface area contributed by atoms with Crippen molar-refractivity contribution in [3.8, 4) is 0 Å². The Labute approximate surface area is 137 Å². The second-order valence-corrected chi connectivity index (χ2v) is 7.87. The molecule has 8 nitrogen and oxygen atoms in total. The number of hydrogen-bond donors (Lipinski definition) is 2. The lowest BCUT2D eigenvalue weighted by molar-refractivity contribution is 0.0950. The zero-order valence-corrected chi connectivity index (χ0v) is 13.6. The number of carbonyl (C=O) groups excluding carboxylic acids is 1. The van der Waals surface area contributed by atoms with Crippen LogP contribution in [-0.4, -0.2) is 41.7 Å². The van der Waals surface area contributed by atoms with Crippen LogP contribution in [-0.2, 0) is 9.84 Å². The molecule has 0 aliphatic carbocycles. The van der Waals surface area contributed by atoms with Crippen molar-refractivity contribution in [2.24, 2.45) is 5.10 Å². The Kier molecular flexibility index (Phi) is 4.43. The first-order valence-electron chi connectivity index (χ1n) is 7.50. The number of carbonyl (C=O) groups is 1. The number of hydrogen-bond acceptors (Lipinski definition) is 6. The molecule has 1 aromatic carbocycles. The van der Waals surface area contributed by atoms with Gasteiger partial charge in [0, 0.05) is 17.5 Å². The molecule has 9 heteroatoms. The van der Waals surface area contributed by atoms with E-state index >= 15 is 0 Å². The predicted molar refractivity (Wildman–Crippen MR) is 89.8 cm³/mol. The van der Waals surface area contributed by atoms with Gasteiger partial charge in [0.2, 0.25) is 0 Å². The Hall–Kier alpha value is -2.55. The van der Waals surface area contributed by atoms with E-state index in [9.17, 15) is 18.0 Å². The molecule has 0 radical (unpaired) electrons. The molecule has 0 saturated carbocycles. The third kappa shape index (κ3) is 3.51. The van der Waals surface area contributed by atoms with E-state index in [-0.39, 0.29) is 22.8 Å². The summed E-state index contributed by atoms with van der Waals surface area (Å²) in [5, 5.41) is 10.9. The molecule has 1 aromatic heterocycles. The number of H-pyrrole nitrogens is 1. The van der Waals surface area contributed by atoms with Gasteiger partial charge in [0.15, 0.2) is 15.5 Å². The van der Waals surface area contributed by atoms with Gasteiger partial charge in [0.05, 0.1) is 16.9 Å². The summed E-state index contributed by atoms with van der Waals surface area (Å²) < 4.78 is 23.1. The van der Waals surface area contributed by atoms with Crippen LogP contribution in [0.1, 0.15) is 29.8 Å². The zero-order chi connectivity index (χ0) is 17.2. The quantitative estimate of drug-likeness (QED) is 0.770. The maximum Gasteiger partial charge on any atom is 0.292 e. The smallest absolute Gasteiger partial charge is 0.267 e.